The summed E-state index contributed by atoms with van der Waals surface area (Å²) in [5, 5.41) is 1.40. The topological polar surface area (TPSA) is 50.5 Å². The number of nitrogens with zero attached hydrogens (tertiary/aromatic N) is 1. The summed E-state index contributed by atoms with van der Waals surface area (Å²) >= 11 is 1.40. The number of piperidine rings is 1. The van der Waals surface area contributed by atoms with Crippen molar-refractivity contribution in [1.29, 1.82) is 0 Å². The molecule has 0 saturated carbocycles. The van der Waals surface area contributed by atoms with Crippen LogP contribution >= 0.6 is 11.3 Å². The summed E-state index contributed by atoms with van der Waals surface area (Å²) in [5.41, 5.74) is 0.199. The highest BCUT2D eigenvalue weighted by molar-refractivity contribution is 7.21. The monoisotopic (exact) mass is 341 g/mol. The van der Waals surface area contributed by atoms with Crippen molar-refractivity contribution in [2.45, 2.75) is 38.6 Å². The van der Waals surface area contributed by atoms with Crippen LogP contribution in [-0.2, 0) is 0 Å². The molecule has 4 rings (SSSR count). The fourth-order valence-corrected chi connectivity index (χ4v) is 4.71. The van der Waals surface area contributed by atoms with Gasteiger partial charge in [0.25, 0.3) is 5.91 Å². The smallest absolute Gasteiger partial charge is 0.345 e. The highest BCUT2D eigenvalue weighted by atomic mass is 32.1. The number of rotatable bonds is 2. The highest BCUT2D eigenvalue weighted by Crippen LogP contribution is 2.32. The molecule has 1 atom stereocenters. The summed E-state index contributed by atoms with van der Waals surface area (Å²) in [6.45, 7) is 2.93. The Bertz CT molecular complexity index is 972. The van der Waals surface area contributed by atoms with Crippen molar-refractivity contribution >= 4 is 38.3 Å². The van der Waals surface area contributed by atoms with Crippen LogP contribution in [0, 0.1) is 0 Å². The Labute approximate surface area is 143 Å². The third-order valence-corrected chi connectivity index (χ3v) is 6.01. The van der Waals surface area contributed by atoms with Crippen molar-refractivity contribution in [1.82, 2.24) is 4.90 Å². The number of hydrogen-bond donors (Lipinski definition) is 0. The Hall–Kier alpha value is -2.14. The molecule has 0 aliphatic carbocycles. The predicted molar refractivity (Wildman–Crippen MR) is 96.8 cm³/mol. The molecule has 1 saturated heterocycles. The lowest BCUT2D eigenvalue weighted by molar-refractivity contribution is 0.0613. The van der Waals surface area contributed by atoms with Crippen molar-refractivity contribution in [2.75, 3.05) is 6.54 Å². The molecule has 3 heterocycles. The van der Waals surface area contributed by atoms with Crippen molar-refractivity contribution in [3.8, 4) is 0 Å². The first kappa shape index (κ1) is 15.4. The summed E-state index contributed by atoms with van der Waals surface area (Å²) in [5.74, 6) is 0.0474. The van der Waals surface area contributed by atoms with E-state index >= 15 is 0 Å². The largest absolute Gasteiger partial charge is 0.422 e. The van der Waals surface area contributed by atoms with Gasteiger partial charge in [-0.2, -0.15) is 0 Å². The van der Waals surface area contributed by atoms with Gasteiger partial charge in [-0.3, -0.25) is 4.79 Å². The predicted octanol–water partition coefficient (Wildman–Crippen LogP) is 4.41. The van der Waals surface area contributed by atoms with Gasteiger partial charge in [0, 0.05) is 18.0 Å². The van der Waals surface area contributed by atoms with Crippen molar-refractivity contribution in [3.05, 3.63) is 45.6 Å². The fourth-order valence-electron chi connectivity index (χ4n) is 3.58. The first-order valence-electron chi connectivity index (χ1n) is 8.45. The van der Waals surface area contributed by atoms with Crippen molar-refractivity contribution in [3.63, 3.8) is 0 Å². The molecular formula is C19H19NO3S. The molecule has 0 unspecified atom stereocenters. The summed E-state index contributed by atoms with van der Waals surface area (Å²) in [6.07, 6.45) is 4.28. The third kappa shape index (κ3) is 2.44. The van der Waals surface area contributed by atoms with Gasteiger partial charge in [0.05, 0.1) is 15.0 Å². The van der Waals surface area contributed by atoms with Gasteiger partial charge in [-0.25, -0.2) is 4.79 Å². The lowest BCUT2D eigenvalue weighted by atomic mass is 10.00. The average molecular weight is 341 g/mol. The van der Waals surface area contributed by atoms with Crippen LogP contribution in [0.3, 0.4) is 0 Å². The molecule has 1 amide bonds. The van der Waals surface area contributed by atoms with Gasteiger partial charge >= 0.3 is 5.63 Å². The second-order valence-corrected chi connectivity index (χ2v) is 7.35. The Morgan fingerprint density at radius 2 is 2.12 bits per heavy atom. The number of carbonyl (C=O) groups is 1. The van der Waals surface area contributed by atoms with E-state index in [1.54, 1.807) is 12.1 Å². The van der Waals surface area contributed by atoms with Crippen LogP contribution in [0.15, 0.2) is 39.5 Å². The molecule has 0 spiro atoms. The third-order valence-electron chi connectivity index (χ3n) is 4.86. The van der Waals surface area contributed by atoms with Crippen LogP contribution in [0.5, 0.6) is 0 Å². The van der Waals surface area contributed by atoms with Crippen LogP contribution < -0.4 is 5.63 Å². The lowest BCUT2D eigenvalue weighted by Gasteiger charge is -2.34. The maximum absolute atomic E-state index is 13.0. The second kappa shape index (κ2) is 6.06. The highest BCUT2D eigenvalue weighted by Gasteiger charge is 2.27. The van der Waals surface area contributed by atoms with E-state index in [4.69, 9.17) is 4.42 Å². The second-order valence-electron chi connectivity index (χ2n) is 6.30. The first-order chi connectivity index (χ1) is 11.7. The fraction of sp³-hybridized carbons (Fsp3) is 0.368. The number of amides is 1. The minimum absolute atomic E-state index is 0.0474. The molecule has 0 radical (unpaired) electrons. The van der Waals surface area contributed by atoms with Gasteiger partial charge in [0.15, 0.2) is 0 Å². The summed E-state index contributed by atoms with van der Waals surface area (Å²) in [6, 6.07) is 9.50. The van der Waals surface area contributed by atoms with Crippen LogP contribution in [0.25, 0.3) is 21.1 Å². The van der Waals surface area contributed by atoms with Crippen LogP contribution in [-0.4, -0.2) is 23.4 Å². The number of carbonyl (C=O) groups excluding carboxylic acids is 1. The van der Waals surface area contributed by atoms with Gasteiger partial charge < -0.3 is 9.32 Å². The summed E-state index contributed by atoms with van der Waals surface area (Å²) < 4.78 is 6.22. The summed E-state index contributed by atoms with van der Waals surface area (Å²) in [4.78, 5) is 27.8. The number of likely N-dealkylation sites (tertiary alicyclic amines) is 1. The molecule has 0 bridgehead atoms. The Balaban J connectivity index is 1.83. The standard InChI is InChI=1S/C19H19NO3S/c1-2-12-7-5-6-10-20(12)18(21)16-11-14-17(24-16)13-8-3-4-9-15(13)23-19(14)22/h3-4,8-9,11-12H,2,5-7,10H2,1H3/t12-/m1/s1. The van der Waals surface area contributed by atoms with Crippen LogP contribution in [0.2, 0.25) is 0 Å². The molecule has 1 aliphatic heterocycles. The SMILES string of the molecule is CC[C@@H]1CCCCN1C(=O)c1cc2c(=O)oc3ccccc3c2s1. The lowest BCUT2D eigenvalue weighted by Crippen LogP contribution is -2.43. The molecule has 2 aromatic heterocycles. The molecule has 0 N–H and O–H groups in total. The zero-order valence-electron chi connectivity index (χ0n) is 13.6. The Morgan fingerprint density at radius 1 is 1.29 bits per heavy atom. The molecule has 124 valence electrons. The van der Waals surface area contributed by atoms with Crippen molar-refractivity contribution in [2.24, 2.45) is 0 Å². The van der Waals surface area contributed by atoms with Gasteiger partial charge in [0.1, 0.15) is 5.58 Å². The van der Waals surface area contributed by atoms with E-state index < -0.39 is 0 Å². The van der Waals surface area contributed by atoms with Crippen molar-refractivity contribution < 1.29 is 9.21 Å². The number of thiophene rings is 1. The maximum Gasteiger partial charge on any atom is 0.345 e. The van der Waals surface area contributed by atoms with Gasteiger partial charge in [-0.1, -0.05) is 19.1 Å². The van der Waals surface area contributed by atoms with E-state index in [0.29, 0.717) is 21.9 Å². The number of para-hydroxylation sites is 1. The molecule has 1 aliphatic rings. The zero-order valence-corrected chi connectivity index (χ0v) is 14.4. The Kier molecular flexibility index (Phi) is 3.88. The van der Waals surface area contributed by atoms with E-state index in [1.165, 1.54) is 17.8 Å². The molecule has 4 nitrogen and oxygen atoms in total. The zero-order chi connectivity index (χ0) is 16.7. The van der Waals surface area contributed by atoms with Crippen LogP contribution in [0.4, 0.5) is 0 Å². The normalized spacial score (nSPS) is 18.4. The molecule has 1 aromatic carbocycles. The van der Waals surface area contributed by atoms with E-state index in [1.807, 2.05) is 23.1 Å². The van der Waals surface area contributed by atoms with Gasteiger partial charge in [-0.15, -0.1) is 11.3 Å². The minimum Gasteiger partial charge on any atom is -0.422 e. The minimum atomic E-state index is -0.371. The quantitative estimate of drug-likeness (QED) is 0.649. The first-order valence-corrected chi connectivity index (χ1v) is 9.27. The Morgan fingerprint density at radius 3 is 2.96 bits per heavy atom. The molecular weight excluding hydrogens is 322 g/mol. The molecule has 5 heteroatoms. The molecule has 24 heavy (non-hydrogen) atoms. The number of benzene rings is 1. The van der Waals surface area contributed by atoms with E-state index in [2.05, 4.69) is 6.92 Å². The molecule has 3 aromatic rings. The maximum atomic E-state index is 13.0. The summed E-state index contributed by atoms with van der Waals surface area (Å²) in [7, 11) is 0. The van der Waals surface area contributed by atoms with E-state index in [9.17, 15) is 9.59 Å². The van der Waals surface area contributed by atoms with E-state index in [0.717, 1.165) is 35.9 Å². The number of hydrogen-bond acceptors (Lipinski definition) is 4. The van der Waals surface area contributed by atoms with Gasteiger partial charge in [0.2, 0.25) is 0 Å². The number of fused-ring (bicyclic) bond motifs is 3. The van der Waals surface area contributed by atoms with Crippen LogP contribution in [0.1, 0.15) is 42.3 Å². The molecule has 1 fully saturated rings. The van der Waals surface area contributed by atoms with Gasteiger partial charge in [-0.05, 0) is 43.9 Å². The van der Waals surface area contributed by atoms with E-state index in [-0.39, 0.29) is 11.5 Å². The average Bonchev–Trinajstić information content (AvgIpc) is 3.07.